The van der Waals surface area contributed by atoms with Gasteiger partial charge in [-0.2, -0.15) is 10.4 Å². The van der Waals surface area contributed by atoms with Gasteiger partial charge in [-0.3, -0.25) is 5.43 Å². The molecule has 4 nitrogen and oxygen atoms in total. The van der Waals surface area contributed by atoms with Crippen molar-refractivity contribution in [2.45, 2.75) is 6.92 Å². The molecule has 0 aliphatic carbocycles. The quantitative estimate of drug-likeness (QED) is 0.688. The molecule has 0 spiro atoms. The van der Waals surface area contributed by atoms with Crippen molar-refractivity contribution >= 4 is 23.5 Å². The summed E-state index contributed by atoms with van der Waals surface area (Å²) in [6.45, 7) is 1.95. The molecule has 1 aromatic carbocycles. The second-order valence-corrected chi connectivity index (χ2v) is 4.55. The Labute approximate surface area is 116 Å². The van der Waals surface area contributed by atoms with Crippen LogP contribution in [0.1, 0.15) is 17.0 Å². The number of hydrogen-bond acceptors (Lipinski definition) is 3. The van der Waals surface area contributed by atoms with Crippen molar-refractivity contribution in [2.24, 2.45) is 12.1 Å². The van der Waals surface area contributed by atoms with Crippen LogP contribution >= 0.6 is 11.6 Å². The second-order valence-electron chi connectivity index (χ2n) is 4.12. The Morgan fingerprint density at radius 3 is 2.63 bits per heavy atom. The summed E-state index contributed by atoms with van der Waals surface area (Å²) in [5, 5.41) is 13.8. The molecule has 0 bridgehead atoms. The fraction of sp³-hybridized carbons (Fsp3) is 0.143. The SMILES string of the molecule is Cc1c(/C=N\Nc2ccc(Cl)cc2)cc(C#N)n1C. The Kier molecular flexibility index (Phi) is 3.88. The number of anilines is 1. The number of rotatable bonds is 3. The van der Waals surface area contributed by atoms with Gasteiger partial charge in [0, 0.05) is 23.3 Å². The molecule has 0 saturated carbocycles. The first-order chi connectivity index (χ1) is 9.11. The maximum atomic E-state index is 8.94. The zero-order chi connectivity index (χ0) is 13.8. The van der Waals surface area contributed by atoms with Crippen LogP contribution in [0, 0.1) is 18.3 Å². The standard InChI is InChI=1S/C14H13ClN4/c1-10-11(7-14(8-16)19(10)2)9-17-18-13-5-3-12(15)4-6-13/h3-7,9,18H,1-2H3/b17-9-. The van der Waals surface area contributed by atoms with Crippen LogP contribution in [0.25, 0.3) is 0 Å². The molecule has 0 amide bonds. The largest absolute Gasteiger partial charge is 0.339 e. The average Bonchev–Trinajstić information content (AvgIpc) is 2.69. The molecule has 0 atom stereocenters. The minimum atomic E-state index is 0.616. The highest BCUT2D eigenvalue weighted by Crippen LogP contribution is 2.14. The molecule has 1 aromatic heterocycles. The van der Waals surface area contributed by atoms with Gasteiger partial charge in [-0.05, 0) is 37.3 Å². The summed E-state index contributed by atoms with van der Waals surface area (Å²) in [5.74, 6) is 0. The first-order valence-corrected chi connectivity index (χ1v) is 6.10. The number of nitrogens with zero attached hydrogens (tertiary/aromatic N) is 3. The molecule has 0 aliphatic heterocycles. The predicted octanol–water partition coefficient (Wildman–Crippen LogP) is 3.30. The minimum absolute atomic E-state index is 0.616. The van der Waals surface area contributed by atoms with Gasteiger partial charge in [0.2, 0.25) is 0 Å². The van der Waals surface area contributed by atoms with Gasteiger partial charge < -0.3 is 4.57 Å². The Bertz CT molecular complexity index is 647. The number of halogens is 1. The summed E-state index contributed by atoms with van der Waals surface area (Å²) in [5.41, 5.74) is 6.30. The Balaban J connectivity index is 2.11. The summed E-state index contributed by atoms with van der Waals surface area (Å²) in [4.78, 5) is 0. The summed E-state index contributed by atoms with van der Waals surface area (Å²) in [6, 6.07) is 11.2. The van der Waals surface area contributed by atoms with Gasteiger partial charge >= 0.3 is 0 Å². The molecule has 2 rings (SSSR count). The maximum Gasteiger partial charge on any atom is 0.120 e. The Morgan fingerprint density at radius 2 is 2.05 bits per heavy atom. The highest BCUT2D eigenvalue weighted by molar-refractivity contribution is 6.30. The van der Waals surface area contributed by atoms with Crippen LogP contribution in [-0.2, 0) is 7.05 Å². The fourth-order valence-electron chi connectivity index (χ4n) is 1.66. The summed E-state index contributed by atoms with van der Waals surface area (Å²) in [7, 11) is 1.86. The Hall–Kier alpha value is -2.25. The normalized spacial score (nSPS) is 10.6. The average molecular weight is 273 g/mol. The number of nitrogens with one attached hydrogen (secondary N) is 1. The number of hydrogen-bond donors (Lipinski definition) is 1. The van der Waals surface area contributed by atoms with Crippen molar-refractivity contribution in [3.05, 3.63) is 52.3 Å². The molecule has 0 fully saturated rings. The van der Waals surface area contributed by atoms with Crippen LogP contribution in [0.4, 0.5) is 5.69 Å². The lowest BCUT2D eigenvalue weighted by Gasteiger charge is -2.00. The van der Waals surface area contributed by atoms with Crippen LogP contribution in [0.15, 0.2) is 35.4 Å². The van der Waals surface area contributed by atoms with Gasteiger partial charge in [0.1, 0.15) is 11.8 Å². The third kappa shape index (κ3) is 2.95. The lowest BCUT2D eigenvalue weighted by Crippen LogP contribution is -1.95. The van der Waals surface area contributed by atoms with E-state index in [0.29, 0.717) is 10.7 Å². The van der Waals surface area contributed by atoms with Crippen LogP contribution < -0.4 is 5.43 Å². The first kappa shape index (κ1) is 13.2. The van der Waals surface area contributed by atoms with Crippen molar-refractivity contribution in [1.82, 2.24) is 4.57 Å². The van der Waals surface area contributed by atoms with E-state index in [9.17, 15) is 0 Å². The molecule has 19 heavy (non-hydrogen) atoms. The fourth-order valence-corrected chi connectivity index (χ4v) is 1.79. The topological polar surface area (TPSA) is 53.1 Å². The second kappa shape index (κ2) is 5.59. The van der Waals surface area contributed by atoms with Crippen LogP contribution in [0.5, 0.6) is 0 Å². The third-order valence-electron chi connectivity index (χ3n) is 2.93. The highest BCUT2D eigenvalue weighted by atomic mass is 35.5. The van der Waals surface area contributed by atoms with Gasteiger partial charge in [-0.1, -0.05) is 11.6 Å². The van der Waals surface area contributed by atoms with E-state index in [0.717, 1.165) is 16.9 Å². The first-order valence-electron chi connectivity index (χ1n) is 5.73. The van der Waals surface area contributed by atoms with Crippen molar-refractivity contribution in [3.8, 4) is 6.07 Å². The summed E-state index contributed by atoms with van der Waals surface area (Å²) >= 11 is 5.80. The molecule has 0 unspecified atom stereocenters. The van der Waals surface area contributed by atoms with E-state index >= 15 is 0 Å². The van der Waals surface area contributed by atoms with Crippen molar-refractivity contribution in [2.75, 3.05) is 5.43 Å². The van der Waals surface area contributed by atoms with Gasteiger partial charge in [0.25, 0.3) is 0 Å². The molecule has 1 N–H and O–H groups in total. The van der Waals surface area contributed by atoms with Gasteiger partial charge in [0.05, 0.1) is 11.9 Å². The van der Waals surface area contributed by atoms with E-state index in [2.05, 4.69) is 16.6 Å². The van der Waals surface area contributed by atoms with Crippen molar-refractivity contribution < 1.29 is 0 Å². The van der Waals surface area contributed by atoms with Gasteiger partial charge in [0.15, 0.2) is 0 Å². The zero-order valence-corrected chi connectivity index (χ0v) is 11.4. The molecule has 0 radical (unpaired) electrons. The highest BCUT2D eigenvalue weighted by Gasteiger charge is 2.05. The third-order valence-corrected chi connectivity index (χ3v) is 3.18. The summed E-state index contributed by atoms with van der Waals surface area (Å²) < 4.78 is 1.84. The molecular formula is C14H13ClN4. The van der Waals surface area contributed by atoms with Gasteiger partial charge in [-0.25, -0.2) is 0 Å². The molecule has 2 aromatic rings. The number of nitriles is 1. The maximum absolute atomic E-state index is 8.94. The zero-order valence-electron chi connectivity index (χ0n) is 10.7. The van der Waals surface area contributed by atoms with E-state index in [4.69, 9.17) is 16.9 Å². The van der Waals surface area contributed by atoms with E-state index in [1.54, 1.807) is 18.3 Å². The van der Waals surface area contributed by atoms with E-state index in [-0.39, 0.29) is 0 Å². The molecular weight excluding hydrogens is 260 g/mol. The lowest BCUT2D eigenvalue weighted by atomic mass is 10.3. The number of aromatic nitrogens is 1. The van der Waals surface area contributed by atoms with Crippen LogP contribution in [0.3, 0.4) is 0 Å². The predicted molar refractivity (Wildman–Crippen MR) is 77.5 cm³/mol. The Morgan fingerprint density at radius 1 is 1.37 bits per heavy atom. The van der Waals surface area contributed by atoms with E-state index < -0.39 is 0 Å². The molecule has 0 aliphatic rings. The summed E-state index contributed by atoms with van der Waals surface area (Å²) in [6.07, 6.45) is 1.70. The van der Waals surface area contributed by atoms with Gasteiger partial charge in [-0.15, -0.1) is 0 Å². The smallest absolute Gasteiger partial charge is 0.120 e. The van der Waals surface area contributed by atoms with E-state index in [1.807, 2.05) is 36.7 Å². The minimum Gasteiger partial charge on any atom is -0.339 e. The van der Waals surface area contributed by atoms with Crippen LogP contribution in [0.2, 0.25) is 5.02 Å². The monoisotopic (exact) mass is 272 g/mol. The molecule has 5 heteroatoms. The van der Waals surface area contributed by atoms with Crippen LogP contribution in [-0.4, -0.2) is 10.8 Å². The lowest BCUT2D eigenvalue weighted by molar-refractivity contribution is 0.865. The number of hydrazone groups is 1. The number of benzene rings is 1. The van der Waals surface area contributed by atoms with Crippen molar-refractivity contribution in [3.63, 3.8) is 0 Å². The molecule has 1 heterocycles. The molecule has 96 valence electrons. The molecule has 0 saturated heterocycles. The van der Waals surface area contributed by atoms with Crippen molar-refractivity contribution in [1.29, 1.82) is 5.26 Å². The van der Waals surface area contributed by atoms with E-state index in [1.165, 1.54) is 0 Å².